The SMILES string of the molecule is NNC(=O)CCCNCc1ccco1. The minimum absolute atomic E-state index is 0.134. The molecular formula is C9H15N3O2. The maximum Gasteiger partial charge on any atom is 0.233 e. The van der Waals surface area contributed by atoms with Crippen molar-refractivity contribution in [1.29, 1.82) is 0 Å². The third kappa shape index (κ3) is 4.06. The Morgan fingerprint density at radius 3 is 3.07 bits per heavy atom. The van der Waals surface area contributed by atoms with Crippen molar-refractivity contribution >= 4 is 5.91 Å². The molecule has 1 heterocycles. The number of carbonyl (C=O) groups is 1. The second-order valence-electron chi connectivity index (χ2n) is 2.93. The number of hydrogen-bond donors (Lipinski definition) is 3. The van der Waals surface area contributed by atoms with Crippen LogP contribution in [-0.2, 0) is 11.3 Å². The molecule has 5 nitrogen and oxygen atoms in total. The molecule has 1 rings (SSSR count). The molecule has 0 aliphatic rings. The van der Waals surface area contributed by atoms with Crippen LogP contribution in [0.2, 0.25) is 0 Å². The van der Waals surface area contributed by atoms with Crippen LogP contribution in [0, 0.1) is 0 Å². The zero-order valence-electron chi connectivity index (χ0n) is 7.95. The van der Waals surface area contributed by atoms with Crippen LogP contribution in [0.4, 0.5) is 0 Å². The minimum Gasteiger partial charge on any atom is -0.468 e. The molecule has 0 radical (unpaired) electrons. The van der Waals surface area contributed by atoms with Crippen molar-refractivity contribution in [1.82, 2.24) is 10.7 Å². The van der Waals surface area contributed by atoms with Gasteiger partial charge in [-0.2, -0.15) is 0 Å². The van der Waals surface area contributed by atoms with Gasteiger partial charge in [0.2, 0.25) is 5.91 Å². The van der Waals surface area contributed by atoms with Gasteiger partial charge in [-0.3, -0.25) is 10.2 Å². The molecule has 4 N–H and O–H groups in total. The smallest absolute Gasteiger partial charge is 0.233 e. The zero-order valence-corrected chi connectivity index (χ0v) is 7.95. The van der Waals surface area contributed by atoms with Gasteiger partial charge in [-0.25, -0.2) is 5.84 Å². The number of rotatable bonds is 6. The largest absolute Gasteiger partial charge is 0.468 e. The van der Waals surface area contributed by atoms with Gasteiger partial charge in [0, 0.05) is 6.42 Å². The summed E-state index contributed by atoms with van der Waals surface area (Å²) in [6.45, 7) is 1.46. The number of furan rings is 1. The molecule has 78 valence electrons. The molecule has 0 atom stereocenters. The lowest BCUT2D eigenvalue weighted by molar-refractivity contribution is -0.121. The Morgan fingerprint density at radius 1 is 1.57 bits per heavy atom. The maximum atomic E-state index is 10.7. The topological polar surface area (TPSA) is 80.3 Å². The van der Waals surface area contributed by atoms with Crippen molar-refractivity contribution in [2.24, 2.45) is 5.84 Å². The van der Waals surface area contributed by atoms with Crippen molar-refractivity contribution < 1.29 is 9.21 Å². The van der Waals surface area contributed by atoms with Crippen LogP contribution in [0.1, 0.15) is 18.6 Å². The quantitative estimate of drug-likeness (QED) is 0.262. The molecule has 1 aromatic rings. The van der Waals surface area contributed by atoms with Gasteiger partial charge >= 0.3 is 0 Å². The summed E-state index contributed by atoms with van der Waals surface area (Å²) in [6, 6.07) is 3.75. The van der Waals surface area contributed by atoms with Gasteiger partial charge in [0.1, 0.15) is 5.76 Å². The van der Waals surface area contributed by atoms with Crippen LogP contribution in [0.15, 0.2) is 22.8 Å². The molecule has 0 aromatic carbocycles. The lowest BCUT2D eigenvalue weighted by Crippen LogP contribution is -2.30. The molecule has 0 fully saturated rings. The van der Waals surface area contributed by atoms with E-state index in [0.717, 1.165) is 18.7 Å². The van der Waals surface area contributed by atoms with E-state index in [1.165, 1.54) is 0 Å². The molecular weight excluding hydrogens is 182 g/mol. The summed E-state index contributed by atoms with van der Waals surface area (Å²) in [4.78, 5) is 10.7. The predicted octanol–water partition coefficient (Wildman–Crippen LogP) is 0.139. The number of amides is 1. The van der Waals surface area contributed by atoms with Gasteiger partial charge in [0.25, 0.3) is 0 Å². The molecule has 0 bridgehead atoms. The van der Waals surface area contributed by atoms with Crippen LogP contribution in [0.5, 0.6) is 0 Å². The molecule has 0 spiro atoms. The average molecular weight is 197 g/mol. The Bertz CT molecular complexity index is 259. The first-order valence-electron chi connectivity index (χ1n) is 4.55. The highest BCUT2D eigenvalue weighted by atomic mass is 16.3. The summed E-state index contributed by atoms with van der Waals surface area (Å²) in [5.74, 6) is 5.69. The highest BCUT2D eigenvalue weighted by molar-refractivity contribution is 5.75. The van der Waals surface area contributed by atoms with E-state index in [1.54, 1.807) is 6.26 Å². The number of carbonyl (C=O) groups excluding carboxylic acids is 1. The van der Waals surface area contributed by atoms with Gasteiger partial charge in [-0.1, -0.05) is 0 Å². The Hall–Kier alpha value is -1.33. The van der Waals surface area contributed by atoms with Crippen molar-refractivity contribution in [3.05, 3.63) is 24.2 Å². The zero-order chi connectivity index (χ0) is 10.2. The van der Waals surface area contributed by atoms with E-state index in [0.29, 0.717) is 13.0 Å². The van der Waals surface area contributed by atoms with Crippen LogP contribution in [-0.4, -0.2) is 12.5 Å². The molecule has 0 aliphatic carbocycles. The van der Waals surface area contributed by atoms with Crippen LogP contribution < -0.4 is 16.6 Å². The Kier molecular flexibility index (Phi) is 4.74. The van der Waals surface area contributed by atoms with Crippen LogP contribution in [0.25, 0.3) is 0 Å². The van der Waals surface area contributed by atoms with E-state index in [2.05, 4.69) is 10.7 Å². The first-order chi connectivity index (χ1) is 6.83. The van der Waals surface area contributed by atoms with Crippen molar-refractivity contribution in [2.45, 2.75) is 19.4 Å². The summed E-state index contributed by atoms with van der Waals surface area (Å²) >= 11 is 0. The number of hydrogen-bond acceptors (Lipinski definition) is 4. The maximum absolute atomic E-state index is 10.7. The number of nitrogens with two attached hydrogens (primary N) is 1. The third-order valence-corrected chi connectivity index (χ3v) is 1.80. The highest BCUT2D eigenvalue weighted by Crippen LogP contribution is 1.98. The van der Waals surface area contributed by atoms with Crippen LogP contribution in [0.3, 0.4) is 0 Å². The van der Waals surface area contributed by atoms with Crippen LogP contribution >= 0.6 is 0 Å². The standard InChI is InChI=1S/C9H15N3O2/c10-12-9(13)4-1-5-11-7-8-3-2-6-14-8/h2-3,6,11H,1,4-5,7,10H2,(H,12,13). The normalized spacial score (nSPS) is 10.1. The molecule has 14 heavy (non-hydrogen) atoms. The van der Waals surface area contributed by atoms with Gasteiger partial charge < -0.3 is 9.73 Å². The van der Waals surface area contributed by atoms with E-state index in [9.17, 15) is 4.79 Å². The van der Waals surface area contributed by atoms with Crippen molar-refractivity contribution in [2.75, 3.05) is 6.54 Å². The fourth-order valence-electron chi connectivity index (χ4n) is 1.07. The third-order valence-electron chi connectivity index (χ3n) is 1.80. The van der Waals surface area contributed by atoms with E-state index < -0.39 is 0 Å². The minimum atomic E-state index is -0.134. The Labute approximate surface area is 82.6 Å². The monoisotopic (exact) mass is 197 g/mol. The molecule has 0 unspecified atom stereocenters. The van der Waals surface area contributed by atoms with Gasteiger partial charge in [-0.15, -0.1) is 0 Å². The lowest BCUT2D eigenvalue weighted by Gasteiger charge is -2.01. The second kappa shape index (κ2) is 6.17. The first-order valence-corrected chi connectivity index (χ1v) is 4.55. The van der Waals surface area contributed by atoms with Gasteiger partial charge in [0.15, 0.2) is 0 Å². The van der Waals surface area contributed by atoms with Crippen molar-refractivity contribution in [3.63, 3.8) is 0 Å². The highest BCUT2D eigenvalue weighted by Gasteiger charge is 1.98. The predicted molar refractivity (Wildman–Crippen MR) is 52.0 cm³/mol. The van der Waals surface area contributed by atoms with E-state index >= 15 is 0 Å². The summed E-state index contributed by atoms with van der Waals surface area (Å²) in [5, 5.41) is 3.15. The van der Waals surface area contributed by atoms with Gasteiger partial charge in [-0.05, 0) is 25.1 Å². The molecule has 5 heteroatoms. The number of nitrogens with one attached hydrogen (secondary N) is 2. The van der Waals surface area contributed by atoms with E-state index in [4.69, 9.17) is 10.3 Å². The molecule has 1 aromatic heterocycles. The molecule has 1 amide bonds. The molecule has 0 aliphatic heterocycles. The van der Waals surface area contributed by atoms with E-state index in [-0.39, 0.29) is 5.91 Å². The fraction of sp³-hybridized carbons (Fsp3) is 0.444. The fourth-order valence-corrected chi connectivity index (χ4v) is 1.07. The molecule has 0 saturated heterocycles. The first kappa shape index (κ1) is 10.7. The Morgan fingerprint density at radius 2 is 2.43 bits per heavy atom. The second-order valence-corrected chi connectivity index (χ2v) is 2.93. The van der Waals surface area contributed by atoms with Crippen molar-refractivity contribution in [3.8, 4) is 0 Å². The summed E-state index contributed by atoms with van der Waals surface area (Å²) < 4.78 is 5.12. The Balaban J connectivity index is 1.97. The summed E-state index contributed by atoms with van der Waals surface area (Å²) in [5.41, 5.74) is 2.08. The summed E-state index contributed by atoms with van der Waals surface area (Å²) in [6.07, 6.45) is 2.85. The number of hydrazine groups is 1. The average Bonchev–Trinajstić information content (AvgIpc) is 2.69. The summed E-state index contributed by atoms with van der Waals surface area (Å²) in [7, 11) is 0. The lowest BCUT2D eigenvalue weighted by atomic mass is 10.3. The van der Waals surface area contributed by atoms with Gasteiger partial charge in [0.05, 0.1) is 12.8 Å². The molecule has 0 saturated carbocycles. The van der Waals surface area contributed by atoms with E-state index in [1.807, 2.05) is 12.1 Å².